The number of carboxylic acid groups (broad SMARTS) is 1. The van der Waals surface area contributed by atoms with Crippen molar-refractivity contribution < 1.29 is 24.2 Å². The van der Waals surface area contributed by atoms with Crippen LogP contribution in [0.1, 0.15) is 18.4 Å². The molecule has 1 aromatic carbocycles. The van der Waals surface area contributed by atoms with Gasteiger partial charge in [0, 0.05) is 5.69 Å². The molecule has 6 heteroatoms. The van der Waals surface area contributed by atoms with Crippen LogP contribution in [0.5, 0.6) is 5.75 Å². The molecule has 1 amide bonds. The van der Waals surface area contributed by atoms with Gasteiger partial charge in [-0.2, -0.15) is 0 Å². The molecular weight excluding hydrogens is 262 g/mol. The van der Waals surface area contributed by atoms with E-state index in [0.717, 1.165) is 5.56 Å². The minimum absolute atomic E-state index is 0.318. The van der Waals surface area contributed by atoms with Crippen LogP contribution >= 0.6 is 0 Å². The maximum atomic E-state index is 12.0. The fourth-order valence-corrected chi connectivity index (χ4v) is 2.13. The monoisotopic (exact) mass is 279 g/mol. The number of carboxylic acids is 1. The fraction of sp³-hybridized carbons (Fsp3) is 0.429. The highest BCUT2D eigenvalue weighted by Gasteiger charge is 2.34. The van der Waals surface area contributed by atoms with Gasteiger partial charge in [0.25, 0.3) is 5.91 Å². The summed E-state index contributed by atoms with van der Waals surface area (Å²) < 4.78 is 10.3. The Hall–Kier alpha value is -2.08. The fourth-order valence-electron chi connectivity index (χ4n) is 2.13. The Morgan fingerprint density at radius 1 is 1.35 bits per heavy atom. The molecule has 6 nitrogen and oxygen atoms in total. The summed E-state index contributed by atoms with van der Waals surface area (Å²) in [5.74, 6) is -0.633. The summed E-state index contributed by atoms with van der Waals surface area (Å²) in [6, 6.07) is 5.30. The van der Waals surface area contributed by atoms with Gasteiger partial charge < -0.3 is 19.9 Å². The van der Waals surface area contributed by atoms with Gasteiger partial charge in [0.05, 0.1) is 7.11 Å². The van der Waals surface area contributed by atoms with Gasteiger partial charge in [-0.05, 0) is 43.5 Å². The molecule has 20 heavy (non-hydrogen) atoms. The van der Waals surface area contributed by atoms with Gasteiger partial charge in [0.2, 0.25) is 0 Å². The smallest absolute Gasteiger partial charge is 0.332 e. The summed E-state index contributed by atoms with van der Waals surface area (Å²) in [4.78, 5) is 22.8. The maximum absolute atomic E-state index is 12.0. The first kappa shape index (κ1) is 14.3. The lowest BCUT2D eigenvalue weighted by Crippen LogP contribution is -2.30. The van der Waals surface area contributed by atoms with Crippen molar-refractivity contribution >= 4 is 17.6 Å². The van der Waals surface area contributed by atoms with E-state index in [0.29, 0.717) is 24.3 Å². The van der Waals surface area contributed by atoms with Gasteiger partial charge in [0.1, 0.15) is 11.9 Å². The lowest BCUT2D eigenvalue weighted by atomic mass is 10.1. The molecule has 2 atom stereocenters. The Bertz CT molecular complexity index is 528. The van der Waals surface area contributed by atoms with Crippen LogP contribution in [0.25, 0.3) is 0 Å². The average molecular weight is 279 g/mol. The number of amides is 1. The molecular formula is C14H17NO5. The number of hydrogen-bond donors (Lipinski definition) is 2. The molecule has 1 aliphatic rings. The van der Waals surface area contributed by atoms with Gasteiger partial charge in [-0.25, -0.2) is 4.79 Å². The van der Waals surface area contributed by atoms with E-state index in [4.69, 9.17) is 14.6 Å². The van der Waals surface area contributed by atoms with Crippen molar-refractivity contribution in [3.8, 4) is 5.75 Å². The topological polar surface area (TPSA) is 84.9 Å². The van der Waals surface area contributed by atoms with E-state index in [9.17, 15) is 9.59 Å². The second kappa shape index (κ2) is 5.92. The minimum Gasteiger partial charge on any atom is -0.497 e. The first-order valence-corrected chi connectivity index (χ1v) is 6.35. The van der Waals surface area contributed by atoms with E-state index in [1.54, 1.807) is 19.2 Å². The van der Waals surface area contributed by atoms with Crippen molar-refractivity contribution in [2.24, 2.45) is 0 Å². The lowest BCUT2D eigenvalue weighted by molar-refractivity contribution is -0.150. The number of benzene rings is 1. The highest BCUT2D eigenvalue weighted by molar-refractivity contribution is 5.95. The zero-order valence-electron chi connectivity index (χ0n) is 11.4. The van der Waals surface area contributed by atoms with E-state index < -0.39 is 18.2 Å². The molecule has 0 spiro atoms. The number of hydrogen-bond acceptors (Lipinski definition) is 4. The van der Waals surface area contributed by atoms with Gasteiger partial charge in [-0.3, -0.25) is 4.79 Å². The Kier molecular flexibility index (Phi) is 4.24. The first-order chi connectivity index (χ1) is 9.51. The molecule has 0 aromatic heterocycles. The lowest BCUT2D eigenvalue weighted by Gasteiger charge is -2.14. The Morgan fingerprint density at radius 3 is 2.60 bits per heavy atom. The van der Waals surface area contributed by atoms with Crippen molar-refractivity contribution in [3.63, 3.8) is 0 Å². The average Bonchev–Trinajstić information content (AvgIpc) is 2.91. The summed E-state index contributed by atoms with van der Waals surface area (Å²) >= 11 is 0. The van der Waals surface area contributed by atoms with Gasteiger partial charge in [-0.1, -0.05) is 0 Å². The van der Waals surface area contributed by atoms with E-state index >= 15 is 0 Å². The first-order valence-electron chi connectivity index (χ1n) is 6.35. The molecule has 1 saturated heterocycles. The minimum atomic E-state index is -1.03. The van der Waals surface area contributed by atoms with E-state index in [2.05, 4.69) is 5.32 Å². The number of anilines is 1. The number of ether oxygens (including phenoxy) is 2. The highest BCUT2D eigenvalue weighted by atomic mass is 16.5. The SMILES string of the molecule is COc1ccc(NC(=O)[C@@H]2CC[C@H](C(=O)O)O2)c(C)c1. The molecule has 0 aliphatic carbocycles. The number of carbonyl (C=O) groups excluding carboxylic acids is 1. The molecule has 0 bridgehead atoms. The molecule has 1 aromatic rings. The number of carbonyl (C=O) groups is 2. The zero-order chi connectivity index (χ0) is 14.7. The van der Waals surface area contributed by atoms with Gasteiger partial charge in [0.15, 0.2) is 6.10 Å². The van der Waals surface area contributed by atoms with Crippen molar-refractivity contribution in [2.75, 3.05) is 12.4 Å². The summed E-state index contributed by atoms with van der Waals surface area (Å²) in [6.45, 7) is 1.85. The predicted octanol–water partition coefficient (Wildman–Crippen LogP) is 1.57. The number of aliphatic carboxylic acids is 1. The molecule has 108 valence electrons. The summed E-state index contributed by atoms with van der Waals surface area (Å²) in [7, 11) is 1.57. The molecule has 1 heterocycles. The zero-order valence-corrected chi connectivity index (χ0v) is 11.4. The number of nitrogens with one attached hydrogen (secondary N) is 1. The maximum Gasteiger partial charge on any atom is 0.332 e. The molecule has 1 aliphatic heterocycles. The van der Waals surface area contributed by atoms with Crippen molar-refractivity contribution in [1.82, 2.24) is 0 Å². The normalized spacial score (nSPS) is 21.5. The van der Waals surface area contributed by atoms with Gasteiger partial charge in [-0.15, -0.1) is 0 Å². The van der Waals surface area contributed by atoms with E-state index in [1.165, 1.54) is 0 Å². The Labute approximate surface area is 116 Å². The van der Waals surface area contributed by atoms with Crippen LogP contribution in [0.4, 0.5) is 5.69 Å². The quantitative estimate of drug-likeness (QED) is 0.874. The number of aryl methyl sites for hydroxylation is 1. The molecule has 2 rings (SSSR count). The van der Waals surface area contributed by atoms with Crippen LogP contribution in [-0.4, -0.2) is 36.3 Å². The van der Waals surface area contributed by atoms with Crippen molar-refractivity contribution in [1.29, 1.82) is 0 Å². The van der Waals surface area contributed by atoms with Crippen LogP contribution < -0.4 is 10.1 Å². The van der Waals surface area contributed by atoms with Crippen LogP contribution in [0, 0.1) is 6.92 Å². The third-order valence-corrected chi connectivity index (χ3v) is 3.28. The summed E-state index contributed by atoms with van der Waals surface area (Å²) in [5.41, 5.74) is 1.53. The molecule has 0 unspecified atom stereocenters. The van der Waals surface area contributed by atoms with Crippen LogP contribution in [-0.2, 0) is 14.3 Å². The number of methoxy groups -OCH3 is 1. The second-order valence-electron chi connectivity index (χ2n) is 4.70. The van der Waals surface area contributed by atoms with Gasteiger partial charge >= 0.3 is 5.97 Å². The third kappa shape index (κ3) is 3.08. The van der Waals surface area contributed by atoms with Crippen molar-refractivity contribution in [3.05, 3.63) is 23.8 Å². The van der Waals surface area contributed by atoms with Crippen LogP contribution in [0.15, 0.2) is 18.2 Å². The standard InChI is InChI=1S/C14H17NO5/c1-8-7-9(19-2)3-4-10(8)15-13(16)11-5-6-12(20-11)14(17)18/h3-4,7,11-12H,5-6H2,1-2H3,(H,15,16)(H,17,18)/t11-,12+/m0/s1. The predicted molar refractivity (Wildman–Crippen MR) is 71.9 cm³/mol. The summed E-state index contributed by atoms with van der Waals surface area (Å²) in [5, 5.41) is 11.6. The number of rotatable bonds is 4. The Morgan fingerprint density at radius 2 is 2.05 bits per heavy atom. The molecule has 1 fully saturated rings. The molecule has 2 N–H and O–H groups in total. The van der Waals surface area contributed by atoms with Crippen molar-refractivity contribution in [2.45, 2.75) is 32.0 Å². The van der Waals surface area contributed by atoms with E-state index in [-0.39, 0.29) is 5.91 Å². The largest absolute Gasteiger partial charge is 0.497 e. The third-order valence-electron chi connectivity index (χ3n) is 3.28. The molecule has 0 saturated carbocycles. The van der Waals surface area contributed by atoms with Crippen LogP contribution in [0.2, 0.25) is 0 Å². The van der Waals surface area contributed by atoms with Crippen LogP contribution in [0.3, 0.4) is 0 Å². The second-order valence-corrected chi connectivity index (χ2v) is 4.70. The Balaban J connectivity index is 2.00. The molecule has 0 radical (unpaired) electrons. The van der Waals surface area contributed by atoms with E-state index in [1.807, 2.05) is 13.0 Å². The highest BCUT2D eigenvalue weighted by Crippen LogP contribution is 2.24. The summed E-state index contributed by atoms with van der Waals surface area (Å²) in [6.07, 6.45) is -0.826.